The standard InChI is InChI=1S/C8H10F3N3O/c1-4(2)13-6-5(8(9,10)11)3-12-7(15)14-6/h3-4H,1-2H3,(H2,12,13,14,15). The number of nitrogens with one attached hydrogen (secondary N) is 2. The summed E-state index contributed by atoms with van der Waals surface area (Å²) in [5, 5.41) is 2.51. The summed E-state index contributed by atoms with van der Waals surface area (Å²) in [7, 11) is 0. The SMILES string of the molecule is CC(C)Nc1[nH]c(=O)ncc1C(F)(F)F. The van der Waals surface area contributed by atoms with Crippen molar-refractivity contribution in [3.05, 3.63) is 22.2 Å². The molecule has 0 unspecified atom stereocenters. The predicted octanol–water partition coefficient (Wildman–Crippen LogP) is 1.61. The van der Waals surface area contributed by atoms with E-state index < -0.39 is 17.4 Å². The van der Waals surface area contributed by atoms with Crippen molar-refractivity contribution in [1.82, 2.24) is 9.97 Å². The summed E-state index contributed by atoms with van der Waals surface area (Å²) >= 11 is 0. The van der Waals surface area contributed by atoms with E-state index in [-0.39, 0.29) is 11.9 Å². The second-order valence-corrected chi connectivity index (χ2v) is 3.27. The summed E-state index contributed by atoms with van der Waals surface area (Å²) < 4.78 is 37.3. The van der Waals surface area contributed by atoms with E-state index in [1.807, 2.05) is 4.98 Å². The van der Waals surface area contributed by atoms with E-state index in [4.69, 9.17) is 0 Å². The van der Waals surface area contributed by atoms with Gasteiger partial charge in [-0.1, -0.05) is 0 Å². The Bertz CT molecular complexity index is 397. The maximum absolute atomic E-state index is 12.4. The molecule has 7 heteroatoms. The molecule has 0 spiro atoms. The Hall–Kier alpha value is -1.53. The first kappa shape index (κ1) is 11.5. The van der Waals surface area contributed by atoms with Crippen LogP contribution in [0.5, 0.6) is 0 Å². The Labute approximate surface area is 83.5 Å². The summed E-state index contributed by atoms with van der Waals surface area (Å²) in [4.78, 5) is 15.8. The van der Waals surface area contributed by atoms with Crippen molar-refractivity contribution in [1.29, 1.82) is 0 Å². The van der Waals surface area contributed by atoms with Gasteiger partial charge in [-0.15, -0.1) is 0 Å². The van der Waals surface area contributed by atoms with E-state index in [2.05, 4.69) is 10.3 Å². The molecule has 0 amide bonds. The second-order valence-electron chi connectivity index (χ2n) is 3.27. The van der Waals surface area contributed by atoms with Crippen molar-refractivity contribution < 1.29 is 13.2 Å². The second kappa shape index (κ2) is 3.92. The van der Waals surface area contributed by atoms with Crippen LogP contribution in [-0.2, 0) is 6.18 Å². The van der Waals surface area contributed by atoms with Crippen LogP contribution >= 0.6 is 0 Å². The van der Waals surface area contributed by atoms with E-state index in [1.165, 1.54) is 0 Å². The van der Waals surface area contributed by atoms with Crippen molar-refractivity contribution in [3.8, 4) is 0 Å². The van der Waals surface area contributed by atoms with Crippen molar-refractivity contribution in [2.24, 2.45) is 0 Å². The van der Waals surface area contributed by atoms with Crippen LogP contribution < -0.4 is 11.0 Å². The van der Waals surface area contributed by atoms with Gasteiger partial charge in [-0.25, -0.2) is 9.78 Å². The van der Waals surface area contributed by atoms with Crippen LogP contribution in [-0.4, -0.2) is 16.0 Å². The third kappa shape index (κ3) is 2.97. The van der Waals surface area contributed by atoms with Crippen LogP contribution in [0.2, 0.25) is 0 Å². The van der Waals surface area contributed by atoms with Crippen molar-refractivity contribution in [2.45, 2.75) is 26.1 Å². The molecule has 0 aliphatic heterocycles. The molecule has 1 aromatic rings. The molecular weight excluding hydrogens is 211 g/mol. The maximum atomic E-state index is 12.4. The van der Waals surface area contributed by atoms with Gasteiger partial charge in [0.2, 0.25) is 0 Å². The number of nitrogens with zero attached hydrogens (tertiary/aromatic N) is 1. The number of rotatable bonds is 2. The highest BCUT2D eigenvalue weighted by atomic mass is 19.4. The lowest BCUT2D eigenvalue weighted by atomic mass is 10.3. The minimum absolute atomic E-state index is 0.218. The lowest BCUT2D eigenvalue weighted by Crippen LogP contribution is -2.22. The van der Waals surface area contributed by atoms with Gasteiger partial charge in [-0.05, 0) is 13.8 Å². The zero-order valence-electron chi connectivity index (χ0n) is 8.14. The molecule has 4 nitrogen and oxygen atoms in total. The van der Waals surface area contributed by atoms with Crippen molar-refractivity contribution in [2.75, 3.05) is 5.32 Å². The summed E-state index contributed by atoms with van der Waals surface area (Å²) in [6.07, 6.45) is -4.02. The van der Waals surface area contributed by atoms with Gasteiger partial charge in [0.1, 0.15) is 11.4 Å². The summed E-state index contributed by atoms with van der Waals surface area (Å²) in [6, 6.07) is -0.218. The molecule has 0 saturated heterocycles. The topological polar surface area (TPSA) is 57.8 Å². The van der Waals surface area contributed by atoms with E-state index in [0.717, 1.165) is 0 Å². The summed E-state index contributed by atoms with van der Waals surface area (Å²) in [5.41, 5.74) is -1.79. The first-order valence-electron chi connectivity index (χ1n) is 4.23. The highest BCUT2D eigenvalue weighted by molar-refractivity contribution is 5.44. The van der Waals surface area contributed by atoms with Gasteiger partial charge in [0.15, 0.2) is 0 Å². The fraction of sp³-hybridized carbons (Fsp3) is 0.500. The molecule has 0 atom stereocenters. The summed E-state index contributed by atoms with van der Waals surface area (Å²) in [5.74, 6) is -0.350. The van der Waals surface area contributed by atoms with Crippen molar-refractivity contribution in [3.63, 3.8) is 0 Å². The molecule has 0 radical (unpaired) electrons. The highest BCUT2D eigenvalue weighted by Crippen LogP contribution is 2.32. The molecule has 15 heavy (non-hydrogen) atoms. The third-order valence-electron chi connectivity index (χ3n) is 1.55. The van der Waals surface area contributed by atoms with E-state index in [0.29, 0.717) is 6.20 Å². The molecule has 0 aliphatic carbocycles. The Morgan fingerprint density at radius 1 is 1.47 bits per heavy atom. The average molecular weight is 221 g/mol. The molecule has 0 saturated carbocycles. The quantitative estimate of drug-likeness (QED) is 0.797. The predicted molar refractivity (Wildman–Crippen MR) is 48.6 cm³/mol. The van der Waals surface area contributed by atoms with E-state index in [9.17, 15) is 18.0 Å². The molecule has 2 N–H and O–H groups in total. The zero-order valence-corrected chi connectivity index (χ0v) is 8.14. The highest BCUT2D eigenvalue weighted by Gasteiger charge is 2.34. The van der Waals surface area contributed by atoms with Crippen LogP contribution in [0.4, 0.5) is 19.0 Å². The number of aromatic amines is 1. The normalized spacial score (nSPS) is 11.9. The van der Waals surface area contributed by atoms with Crippen LogP contribution in [0.15, 0.2) is 11.0 Å². The van der Waals surface area contributed by atoms with Gasteiger partial charge in [-0.3, -0.25) is 4.98 Å². The third-order valence-corrected chi connectivity index (χ3v) is 1.55. The van der Waals surface area contributed by atoms with Crippen LogP contribution in [0.25, 0.3) is 0 Å². The van der Waals surface area contributed by atoms with Crippen LogP contribution in [0, 0.1) is 0 Å². The number of aromatic nitrogens is 2. The Balaban J connectivity index is 3.21. The number of anilines is 1. The lowest BCUT2D eigenvalue weighted by Gasteiger charge is -2.15. The van der Waals surface area contributed by atoms with Gasteiger partial charge in [0.25, 0.3) is 0 Å². The Morgan fingerprint density at radius 3 is 2.53 bits per heavy atom. The molecule has 0 bridgehead atoms. The van der Waals surface area contributed by atoms with Crippen molar-refractivity contribution >= 4 is 5.82 Å². The van der Waals surface area contributed by atoms with Gasteiger partial charge >= 0.3 is 11.9 Å². The molecule has 1 heterocycles. The van der Waals surface area contributed by atoms with Crippen LogP contribution in [0.3, 0.4) is 0 Å². The smallest absolute Gasteiger partial charge is 0.369 e. The number of H-pyrrole nitrogens is 1. The molecule has 0 aromatic carbocycles. The number of alkyl halides is 3. The molecule has 84 valence electrons. The number of hydrogen-bond acceptors (Lipinski definition) is 3. The molecule has 0 fully saturated rings. The average Bonchev–Trinajstić information content (AvgIpc) is 1.99. The van der Waals surface area contributed by atoms with Gasteiger partial charge in [0.05, 0.1) is 0 Å². The minimum Gasteiger partial charge on any atom is -0.369 e. The van der Waals surface area contributed by atoms with Gasteiger partial charge in [0, 0.05) is 12.2 Å². The Kier molecular flexibility index (Phi) is 3.01. The fourth-order valence-electron chi connectivity index (χ4n) is 1.01. The fourth-order valence-corrected chi connectivity index (χ4v) is 1.01. The van der Waals surface area contributed by atoms with E-state index >= 15 is 0 Å². The first-order valence-corrected chi connectivity index (χ1v) is 4.23. The molecule has 1 aromatic heterocycles. The molecular formula is C8H10F3N3O. The van der Waals surface area contributed by atoms with Gasteiger partial charge in [-0.2, -0.15) is 13.2 Å². The summed E-state index contributed by atoms with van der Waals surface area (Å²) in [6.45, 7) is 3.33. The zero-order chi connectivity index (χ0) is 11.6. The first-order chi connectivity index (χ1) is 6.80. The minimum atomic E-state index is -4.53. The monoisotopic (exact) mass is 221 g/mol. The molecule has 0 aliphatic rings. The lowest BCUT2D eigenvalue weighted by molar-refractivity contribution is -0.137. The van der Waals surface area contributed by atoms with Crippen LogP contribution in [0.1, 0.15) is 19.4 Å². The van der Waals surface area contributed by atoms with E-state index in [1.54, 1.807) is 13.8 Å². The number of halogens is 3. The molecule has 1 rings (SSSR count). The maximum Gasteiger partial charge on any atom is 0.421 e. The Morgan fingerprint density at radius 2 is 2.07 bits per heavy atom. The largest absolute Gasteiger partial charge is 0.421 e. The number of hydrogen-bond donors (Lipinski definition) is 2. The van der Waals surface area contributed by atoms with Gasteiger partial charge < -0.3 is 5.32 Å².